The van der Waals surface area contributed by atoms with Crippen molar-refractivity contribution in [2.24, 2.45) is 5.41 Å². The quantitative estimate of drug-likeness (QED) is 0.827. The predicted molar refractivity (Wildman–Crippen MR) is 102 cm³/mol. The molecule has 5 heteroatoms. The van der Waals surface area contributed by atoms with Gasteiger partial charge in [-0.15, -0.1) is 0 Å². The molecule has 2 aliphatic rings. The summed E-state index contributed by atoms with van der Waals surface area (Å²) in [4.78, 5) is 16.9. The fraction of sp³-hybridized carbons (Fsp3) is 0.667. The van der Waals surface area contributed by atoms with Gasteiger partial charge in [-0.1, -0.05) is 30.3 Å². The van der Waals surface area contributed by atoms with Gasteiger partial charge in [-0.2, -0.15) is 0 Å². The molecular weight excluding hydrogens is 328 g/mol. The maximum Gasteiger partial charge on any atom is 0.410 e. The van der Waals surface area contributed by atoms with Crippen LogP contribution in [-0.4, -0.2) is 60.9 Å². The largest absolute Gasteiger partial charge is 0.444 e. The summed E-state index contributed by atoms with van der Waals surface area (Å²) in [5.74, 6) is 0. The first-order chi connectivity index (χ1) is 12.3. The highest BCUT2D eigenvalue weighted by atomic mass is 16.6. The average molecular weight is 360 g/mol. The summed E-state index contributed by atoms with van der Waals surface area (Å²) >= 11 is 0. The fourth-order valence-electron chi connectivity index (χ4n) is 4.34. The molecule has 1 amide bonds. The lowest BCUT2D eigenvalue weighted by Crippen LogP contribution is -2.55. The van der Waals surface area contributed by atoms with Crippen LogP contribution in [0.5, 0.6) is 0 Å². The van der Waals surface area contributed by atoms with Crippen LogP contribution in [0.25, 0.3) is 0 Å². The van der Waals surface area contributed by atoms with Crippen molar-refractivity contribution >= 4 is 6.09 Å². The number of piperidine rings is 1. The van der Waals surface area contributed by atoms with E-state index >= 15 is 0 Å². The minimum Gasteiger partial charge on any atom is -0.444 e. The summed E-state index contributed by atoms with van der Waals surface area (Å²) in [5, 5.41) is 0. The Labute approximate surface area is 157 Å². The average Bonchev–Trinajstić information content (AvgIpc) is 2.97. The molecule has 0 saturated carbocycles. The first kappa shape index (κ1) is 19.2. The molecule has 26 heavy (non-hydrogen) atoms. The van der Waals surface area contributed by atoms with E-state index in [4.69, 9.17) is 9.47 Å². The van der Waals surface area contributed by atoms with Gasteiger partial charge in [0.25, 0.3) is 0 Å². The van der Waals surface area contributed by atoms with Gasteiger partial charge >= 0.3 is 6.09 Å². The zero-order chi connectivity index (χ0) is 18.8. The van der Waals surface area contributed by atoms with Crippen LogP contribution in [0.2, 0.25) is 0 Å². The van der Waals surface area contributed by atoms with Crippen LogP contribution in [0.4, 0.5) is 4.79 Å². The minimum absolute atomic E-state index is 0.00130. The number of ether oxygens (including phenoxy) is 2. The number of nitrogens with zero attached hydrogens (tertiary/aromatic N) is 2. The summed E-state index contributed by atoms with van der Waals surface area (Å²) in [6.45, 7) is 10.1. The number of carbonyl (C=O) groups excluding carboxylic acids is 1. The van der Waals surface area contributed by atoms with E-state index in [2.05, 4.69) is 35.2 Å². The molecule has 0 aromatic heterocycles. The Morgan fingerprint density at radius 2 is 1.92 bits per heavy atom. The van der Waals surface area contributed by atoms with Crippen LogP contribution in [0.15, 0.2) is 30.3 Å². The maximum absolute atomic E-state index is 12.6. The summed E-state index contributed by atoms with van der Waals surface area (Å²) in [7, 11) is 1.80. The van der Waals surface area contributed by atoms with Crippen LogP contribution in [0.1, 0.15) is 39.2 Å². The Morgan fingerprint density at radius 3 is 2.58 bits per heavy atom. The number of hydrogen-bond acceptors (Lipinski definition) is 4. The van der Waals surface area contributed by atoms with Gasteiger partial charge in [0.15, 0.2) is 0 Å². The zero-order valence-corrected chi connectivity index (χ0v) is 16.5. The molecular formula is C21H32N2O3. The molecule has 2 saturated heterocycles. The van der Waals surface area contributed by atoms with E-state index < -0.39 is 5.60 Å². The Morgan fingerprint density at radius 1 is 1.19 bits per heavy atom. The standard InChI is InChI=1S/C21H32N2O3/c1-20(2,3)26-19(24)23-12-10-18(25-4)21(16-23)11-13-22(15-21)14-17-8-6-5-7-9-17/h5-9,18H,10-16H2,1-4H3. The highest BCUT2D eigenvalue weighted by Gasteiger charge is 2.49. The second kappa shape index (κ2) is 7.57. The van der Waals surface area contributed by atoms with E-state index in [1.54, 1.807) is 7.11 Å². The smallest absolute Gasteiger partial charge is 0.410 e. The summed E-state index contributed by atoms with van der Waals surface area (Å²) < 4.78 is 11.5. The molecule has 2 atom stereocenters. The SMILES string of the molecule is COC1CCN(C(=O)OC(C)(C)C)CC12CCN(Cc1ccccc1)C2. The van der Waals surface area contributed by atoms with Crippen molar-refractivity contribution in [1.29, 1.82) is 0 Å². The number of benzene rings is 1. The maximum atomic E-state index is 12.6. The van der Waals surface area contributed by atoms with Gasteiger partial charge in [0.1, 0.15) is 5.60 Å². The van der Waals surface area contributed by atoms with Crippen LogP contribution in [-0.2, 0) is 16.0 Å². The lowest BCUT2D eigenvalue weighted by Gasteiger charge is -2.45. The van der Waals surface area contributed by atoms with Crippen LogP contribution in [0, 0.1) is 5.41 Å². The van der Waals surface area contributed by atoms with E-state index in [1.807, 2.05) is 25.7 Å². The third-order valence-electron chi connectivity index (χ3n) is 5.50. The van der Waals surface area contributed by atoms with E-state index in [1.165, 1.54) is 5.56 Å². The number of carbonyl (C=O) groups is 1. The van der Waals surface area contributed by atoms with E-state index in [-0.39, 0.29) is 17.6 Å². The fourth-order valence-corrected chi connectivity index (χ4v) is 4.34. The van der Waals surface area contributed by atoms with E-state index in [0.29, 0.717) is 13.1 Å². The summed E-state index contributed by atoms with van der Waals surface area (Å²) in [6, 6.07) is 10.6. The Hall–Kier alpha value is -1.59. The number of rotatable bonds is 3. The van der Waals surface area contributed by atoms with Crippen molar-refractivity contribution in [3.63, 3.8) is 0 Å². The van der Waals surface area contributed by atoms with Crippen molar-refractivity contribution < 1.29 is 14.3 Å². The monoisotopic (exact) mass is 360 g/mol. The molecule has 2 fully saturated rings. The topological polar surface area (TPSA) is 42.0 Å². The molecule has 1 spiro atoms. The third-order valence-corrected chi connectivity index (χ3v) is 5.50. The second-order valence-electron chi connectivity index (χ2n) is 8.72. The van der Waals surface area contributed by atoms with Crippen LogP contribution < -0.4 is 0 Å². The summed E-state index contributed by atoms with van der Waals surface area (Å²) in [6.07, 6.45) is 1.92. The molecule has 2 unspecified atom stereocenters. The van der Waals surface area contributed by atoms with Gasteiger partial charge in [-0.3, -0.25) is 4.90 Å². The van der Waals surface area contributed by atoms with Crippen molar-refractivity contribution in [3.05, 3.63) is 35.9 Å². The minimum atomic E-state index is -0.461. The predicted octanol–water partition coefficient (Wildman–Crippen LogP) is 3.53. The Bertz CT molecular complexity index is 613. The third kappa shape index (κ3) is 4.38. The molecule has 0 N–H and O–H groups in total. The second-order valence-corrected chi connectivity index (χ2v) is 8.72. The molecule has 1 aromatic rings. The van der Waals surface area contributed by atoms with Crippen LogP contribution >= 0.6 is 0 Å². The molecule has 2 aliphatic heterocycles. The van der Waals surface area contributed by atoms with Crippen molar-refractivity contribution in [2.45, 2.75) is 51.9 Å². The number of likely N-dealkylation sites (tertiary alicyclic amines) is 2. The van der Waals surface area contributed by atoms with Gasteiger partial charge in [-0.25, -0.2) is 4.79 Å². The van der Waals surface area contributed by atoms with Crippen LogP contribution in [0.3, 0.4) is 0 Å². The Kier molecular flexibility index (Phi) is 5.58. The molecule has 2 heterocycles. The van der Waals surface area contributed by atoms with E-state index in [0.717, 1.165) is 32.5 Å². The van der Waals surface area contributed by atoms with E-state index in [9.17, 15) is 4.79 Å². The zero-order valence-electron chi connectivity index (χ0n) is 16.5. The van der Waals surface area contributed by atoms with Crippen molar-refractivity contribution in [3.8, 4) is 0 Å². The van der Waals surface area contributed by atoms with Crippen molar-refractivity contribution in [2.75, 3.05) is 33.3 Å². The molecule has 3 rings (SSSR count). The molecule has 0 radical (unpaired) electrons. The first-order valence-electron chi connectivity index (χ1n) is 9.58. The number of methoxy groups -OCH3 is 1. The lowest BCUT2D eigenvalue weighted by atomic mass is 9.76. The highest BCUT2D eigenvalue weighted by molar-refractivity contribution is 5.68. The molecule has 144 valence electrons. The van der Waals surface area contributed by atoms with Gasteiger partial charge in [-0.05, 0) is 45.7 Å². The molecule has 0 bridgehead atoms. The first-order valence-corrected chi connectivity index (χ1v) is 9.58. The number of hydrogen-bond donors (Lipinski definition) is 0. The molecule has 0 aliphatic carbocycles. The van der Waals surface area contributed by atoms with Gasteiger partial charge in [0.2, 0.25) is 0 Å². The number of amides is 1. The lowest BCUT2D eigenvalue weighted by molar-refractivity contribution is -0.0684. The molecule has 5 nitrogen and oxygen atoms in total. The summed E-state index contributed by atoms with van der Waals surface area (Å²) in [5.41, 5.74) is 0.870. The van der Waals surface area contributed by atoms with Gasteiger partial charge in [0, 0.05) is 38.7 Å². The van der Waals surface area contributed by atoms with Crippen molar-refractivity contribution in [1.82, 2.24) is 9.80 Å². The van der Waals surface area contributed by atoms with Gasteiger partial charge < -0.3 is 14.4 Å². The van der Waals surface area contributed by atoms with Gasteiger partial charge in [0.05, 0.1) is 6.10 Å². The molecule has 1 aromatic carbocycles. The normalized spacial score (nSPS) is 27.1. The Balaban J connectivity index is 1.68. The highest BCUT2D eigenvalue weighted by Crippen LogP contribution is 2.41.